The molecule has 0 amide bonds. The number of imidazole rings is 2. The molecule has 0 saturated heterocycles. The van der Waals surface area contributed by atoms with E-state index in [4.69, 9.17) is 0 Å². The van der Waals surface area contributed by atoms with Crippen LogP contribution in [0.4, 0.5) is 0 Å². The number of pyridine rings is 1. The monoisotopic (exact) mass is 832 g/mol. The first kappa shape index (κ1) is 35.5. The van der Waals surface area contributed by atoms with Crippen molar-refractivity contribution >= 4 is 0 Å². The van der Waals surface area contributed by atoms with Gasteiger partial charge < -0.3 is 19.3 Å². The summed E-state index contributed by atoms with van der Waals surface area (Å²) in [6.45, 7) is 8.34. The van der Waals surface area contributed by atoms with E-state index in [-0.39, 0.29) is 20.1 Å². The molecular weight excluding hydrogens is 797 g/mol. The van der Waals surface area contributed by atoms with E-state index >= 15 is 0 Å². The molecule has 0 saturated carbocycles. The maximum absolute atomic E-state index is 4.08. The van der Waals surface area contributed by atoms with Crippen LogP contribution in [-0.2, 0) is 20.1 Å². The fourth-order valence-corrected chi connectivity index (χ4v) is 4.96. The molecule has 0 aliphatic carbocycles. The van der Waals surface area contributed by atoms with E-state index < -0.39 is 0 Å². The van der Waals surface area contributed by atoms with Crippen LogP contribution in [0.3, 0.4) is 0 Å². The summed E-state index contributed by atoms with van der Waals surface area (Å²) in [5.74, 6) is 0. The molecule has 0 fully saturated rings. The summed E-state index contributed by atoms with van der Waals surface area (Å²) >= 11 is 0. The third-order valence-corrected chi connectivity index (χ3v) is 7.43. The zero-order chi connectivity index (χ0) is 34.0. The van der Waals surface area contributed by atoms with Gasteiger partial charge in [-0.15, -0.1) is 0 Å². The van der Waals surface area contributed by atoms with Crippen LogP contribution >= 0.6 is 0 Å². The summed E-state index contributed by atoms with van der Waals surface area (Å²) in [5.41, 5.74) is 10.7. The quantitative estimate of drug-likeness (QED) is 0.148. The summed E-state index contributed by atoms with van der Waals surface area (Å²) < 4.78 is 7.89. The molecule has 50 heavy (non-hydrogen) atoms. The zero-order valence-electron chi connectivity index (χ0n) is 28.2. The molecule has 0 spiro atoms. The van der Waals surface area contributed by atoms with Crippen LogP contribution in [0.1, 0.15) is 22.3 Å². The molecule has 4 heterocycles. The number of rotatable bonds is 5. The third kappa shape index (κ3) is 9.44. The number of benzene rings is 4. The van der Waals surface area contributed by atoms with Crippen molar-refractivity contribution in [2.75, 3.05) is 0 Å². The first-order valence-corrected chi connectivity index (χ1v) is 15.8. The Morgan fingerprint density at radius 3 is 1.60 bits per heavy atom. The molecule has 8 aromatic rings. The van der Waals surface area contributed by atoms with Crippen LogP contribution in [0.25, 0.3) is 34.1 Å². The molecule has 0 atom stereocenters. The Balaban J connectivity index is 0.000000150. The Kier molecular flexibility index (Phi) is 12.1. The Labute approximate surface area is 306 Å². The van der Waals surface area contributed by atoms with Gasteiger partial charge in [-0.2, -0.15) is 59.7 Å². The van der Waals surface area contributed by atoms with Crippen molar-refractivity contribution < 1.29 is 29.2 Å². The molecule has 251 valence electrons. The van der Waals surface area contributed by atoms with Gasteiger partial charge in [-0.3, -0.25) is 19.3 Å². The van der Waals surface area contributed by atoms with Gasteiger partial charge in [-0.1, -0.05) is 61.5 Å². The van der Waals surface area contributed by atoms with Gasteiger partial charge in [-0.25, -0.2) is 0 Å². The average Bonchev–Trinajstić information content (AvgIpc) is 3.93. The van der Waals surface area contributed by atoms with Crippen molar-refractivity contribution in [2.45, 2.75) is 27.7 Å². The van der Waals surface area contributed by atoms with Crippen molar-refractivity contribution in [3.63, 3.8) is 0 Å². The Morgan fingerprint density at radius 1 is 0.620 bits per heavy atom. The normalized spacial score (nSPS) is 10.2. The maximum atomic E-state index is 4.08. The molecule has 8 rings (SSSR count). The molecule has 0 aliphatic heterocycles. The number of nitrogens with zero attached hydrogens (tertiary/aromatic N) is 8. The van der Waals surface area contributed by atoms with Crippen LogP contribution in [0.5, 0.6) is 0 Å². The average molecular weight is 832 g/mol. The van der Waals surface area contributed by atoms with Crippen molar-refractivity contribution in [2.24, 2.45) is 0 Å². The van der Waals surface area contributed by atoms with Crippen molar-refractivity contribution in [1.82, 2.24) is 29.5 Å². The van der Waals surface area contributed by atoms with Crippen LogP contribution in [0, 0.1) is 52.5 Å². The summed E-state index contributed by atoms with van der Waals surface area (Å²) in [4.78, 5) is 4.08. The molecule has 4 aromatic heterocycles. The molecule has 0 N–H and O–H groups in total. The number of hydrogen-bond acceptors (Lipinski definition) is 3. The largest absolute Gasteiger partial charge is 0.358 e. The minimum absolute atomic E-state index is 0. The van der Waals surface area contributed by atoms with Crippen molar-refractivity contribution in [3.8, 4) is 34.1 Å². The van der Waals surface area contributed by atoms with Gasteiger partial charge in [-0.05, 0) is 67.3 Å². The first-order valence-electron chi connectivity index (χ1n) is 15.8. The number of aromatic nitrogens is 8. The zero-order valence-corrected chi connectivity index (χ0v) is 30.6. The van der Waals surface area contributed by atoms with Crippen molar-refractivity contribution in [3.05, 3.63) is 187 Å². The number of aryl methyl sites for hydroxylation is 4. The van der Waals surface area contributed by atoms with E-state index in [1.54, 1.807) is 12.4 Å². The van der Waals surface area contributed by atoms with E-state index in [2.05, 4.69) is 134 Å². The predicted molar refractivity (Wildman–Crippen MR) is 187 cm³/mol. The van der Waals surface area contributed by atoms with E-state index in [0.29, 0.717) is 5.69 Å². The van der Waals surface area contributed by atoms with Gasteiger partial charge in [0.2, 0.25) is 0 Å². The minimum atomic E-state index is 0. The summed E-state index contributed by atoms with van der Waals surface area (Å²) in [6.07, 6.45) is 17.9. The van der Waals surface area contributed by atoms with E-state index in [1.165, 1.54) is 22.3 Å². The van der Waals surface area contributed by atoms with E-state index in [1.807, 2.05) is 85.5 Å². The Morgan fingerprint density at radius 2 is 1.16 bits per heavy atom. The molecular formula is C41H35IrN8-3. The van der Waals surface area contributed by atoms with Crippen LogP contribution in [0.2, 0.25) is 0 Å². The first-order chi connectivity index (χ1) is 23.9. The van der Waals surface area contributed by atoms with Crippen LogP contribution in [-0.4, -0.2) is 24.4 Å². The van der Waals surface area contributed by atoms with Crippen LogP contribution < -0.4 is 14.2 Å². The molecule has 0 aliphatic rings. The summed E-state index contributed by atoms with van der Waals surface area (Å²) in [6, 6.07) is 40.9. The van der Waals surface area contributed by atoms with Gasteiger partial charge >= 0.3 is 0 Å². The molecule has 1 radical (unpaired) electrons. The second-order valence-corrected chi connectivity index (χ2v) is 11.5. The van der Waals surface area contributed by atoms with Gasteiger partial charge in [0.15, 0.2) is 0 Å². The SMILES string of the molecule is Cc1cc[c-]c(-n2[c-][n+](-c3cccc(C)c3)cc2)c1.Cc1cc[c-]c(-n2[c-][n+](-c3cccc(C)c3)cc2)c1.[Ir].c1ccc(-c2cnn[n-]2)nc1. The predicted octanol–water partition coefficient (Wildman–Crippen LogP) is 6.44. The molecule has 0 bridgehead atoms. The molecule has 8 nitrogen and oxygen atoms in total. The van der Waals surface area contributed by atoms with E-state index in [9.17, 15) is 0 Å². The van der Waals surface area contributed by atoms with Gasteiger partial charge in [0.05, 0.1) is 17.1 Å². The fourth-order valence-electron chi connectivity index (χ4n) is 4.96. The number of hydrogen-bond donors (Lipinski definition) is 0. The molecule has 9 heteroatoms. The topological polar surface area (TPSA) is 70.4 Å². The van der Waals surface area contributed by atoms with Crippen molar-refractivity contribution in [1.29, 1.82) is 0 Å². The van der Waals surface area contributed by atoms with Gasteiger partial charge in [0.25, 0.3) is 12.7 Å². The minimum Gasteiger partial charge on any atom is -0.358 e. The fraction of sp³-hybridized carbons (Fsp3) is 0.0976. The smallest absolute Gasteiger partial charge is 0.267 e. The Hall–Kier alpha value is -5.76. The van der Waals surface area contributed by atoms with E-state index in [0.717, 1.165) is 28.4 Å². The molecule has 4 aromatic carbocycles. The van der Waals surface area contributed by atoms with Gasteiger partial charge in [0.1, 0.15) is 0 Å². The second-order valence-electron chi connectivity index (χ2n) is 11.5. The second kappa shape index (κ2) is 17.1. The van der Waals surface area contributed by atoms with Crippen LogP contribution in [0.15, 0.2) is 140 Å². The molecule has 0 unspecified atom stereocenters. The Bertz CT molecular complexity index is 1990. The standard InChI is InChI=1S/2C17H15N2.C7H5N4.Ir/c2*1-14-5-3-7-16(11-14)18-9-10-19(13-18)17-8-4-6-15(2)12-17;1-2-4-8-6(3-1)7-5-9-11-10-7;/h2*3-7,9-12H,1-2H3;1-5H;/q3*-1;. The summed E-state index contributed by atoms with van der Waals surface area (Å²) in [5, 5.41) is 10.8. The van der Waals surface area contributed by atoms with Gasteiger partial charge in [0, 0.05) is 51.1 Å². The summed E-state index contributed by atoms with van der Waals surface area (Å²) in [7, 11) is 0. The maximum Gasteiger partial charge on any atom is 0.267 e. The third-order valence-electron chi connectivity index (χ3n) is 7.43.